The average molecular weight is 215 g/mol. The second-order valence-corrected chi connectivity index (χ2v) is 3.98. The van der Waals surface area contributed by atoms with Crippen LogP contribution in [-0.2, 0) is 0 Å². The van der Waals surface area contributed by atoms with E-state index < -0.39 is 6.10 Å². The first-order chi connectivity index (χ1) is 5.22. The van der Waals surface area contributed by atoms with Gasteiger partial charge in [0.25, 0.3) is 0 Å². The van der Waals surface area contributed by atoms with Crippen LogP contribution in [0.3, 0.4) is 0 Å². The molecule has 1 aromatic carbocycles. The largest absolute Gasteiger partial charge is 0.387 e. The maximum Gasteiger partial charge on any atom is 0.0912 e. The van der Waals surface area contributed by atoms with E-state index in [4.69, 9.17) is 0 Å². The Morgan fingerprint density at radius 2 is 1.82 bits per heavy atom. The van der Waals surface area contributed by atoms with Crippen molar-refractivity contribution in [3.8, 4) is 0 Å². The minimum atomic E-state index is -0.406. The van der Waals surface area contributed by atoms with Gasteiger partial charge in [-0.3, -0.25) is 0 Å². The van der Waals surface area contributed by atoms with Gasteiger partial charge in [-0.2, -0.15) is 0 Å². The van der Waals surface area contributed by atoms with Crippen molar-refractivity contribution in [3.05, 3.63) is 35.9 Å². The summed E-state index contributed by atoms with van der Waals surface area (Å²) >= 11 is 3.33. The van der Waals surface area contributed by atoms with Crippen LogP contribution in [0.4, 0.5) is 0 Å². The molecule has 1 nitrogen and oxygen atoms in total. The van der Waals surface area contributed by atoms with Crippen molar-refractivity contribution in [3.63, 3.8) is 0 Å². The highest BCUT2D eigenvalue weighted by molar-refractivity contribution is 9.09. The lowest BCUT2D eigenvalue weighted by molar-refractivity contribution is 0.181. The van der Waals surface area contributed by atoms with Crippen molar-refractivity contribution in [1.29, 1.82) is 0 Å². The van der Waals surface area contributed by atoms with Gasteiger partial charge in [0.15, 0.2) is 0 Å². The second kappa shape index (κ2) is 3.88. The van der Waals surface area contributed by atoms with Gasteiger partial charge in [0.05, 0.1) is 6.10 Å². The molecule has 2 heteroatoms. The van der Waals surface area contributed by atoms with Gasteiger partial charge in [0.1, 0.15) is 0 Å². The molecule has 0 aromatic heterocycles. The van der Waals surface area contributed by atoms with Gasteiger partial charge in [-0.1, -0.05) is 46.3 Å². The molecular weight excluding hydrogens is 204 g/mol. The molecule has 0 radical (unpaired) electrons. The molecule has 0 amide bonds. The lowest BCUT2D eigenvalue weighted by Gasteiger charge is -2.12. The molecule has 60 valence electrons. The lowest BCUT2D eigenvalue weighted by atomic mass is 10.1. The van der Waals surface area contributed by atoms with E-state index in [-0.39, 0.29) is 4.83 Å². The van der Waals surface area contributed by atoms with Crippen LogP contribution in [-0.4, -0.2) is 9.93 Å². The minimum Gasteiger partial charge on any atom is -0.387 e. The zero-order valence-corrected chi connectivity index (χ0v) is 7.95. The number of rotatable bonds is 2. The molecule has 0 aliphatic rings. The molecule has 0 saturated heterocycles. The van der Waals surface area contributed by atoms with Crippen molar-refractivity contribution in [2.24, 2.45) is 0 Å². The van der Waals surface area contributed by atoms with Crippen LogP contribution in [0.2, 0.25) is 0 Å². The average Bonchev–Trinajstić information content (AvgIpc) is 2.05. The monoisotopic (exact) mass is 214 g/mol. The summed E-state index contributed by atoms with van der Waals surface area (Å²) in [6, 6.07) is 9.63. The summed E-state index contributed by atoms with van der Waals surface area (Å²) in [6.07, 6.45) is -0.406. The van der Waals surface area contributed by atoms with Crippen LogP contribution < -0.4 is 0 Å². The Morgan fingerprint density at radius 3 is 2.27 bits per heavy atom. The topological polar surface area (TPSA) is 20.2 Å². The number of hydrogen-bond donors (Lipinski definition) is 1. The van der Waals surface area contributed by atoms with E-state index in [0.717, 1.165) is 5.56 Å². The first-order valence-corrected chi connectivity index (χ1v) is 4.50. The van der Waals surface area contributed by atoms with Crippen molar-refractivity contribution >= 4 is 15.9 Å². The molecule has 1 N–H and O–H groups in total. The molecule has 1 aromatic rings. The van der Waals surface area contributed by atoms with Crippen LogP contribution in [0.5, 0.6) is 0 Å². The number of alkyl halides is 1. The Balaban J connectivity index is 2.77. The zero-order chi connectivity index (χ0) is 8.27. The number of aliphatic hydroxyl groups is 1. The van der Waals surface area contributed by atoms with E-state index in [2.05, 4.69) is 15.9 Å². The SMILES string of the molecule is CC(Br)C(O)c1ccccc1. The Labute approximate surface area is 75.2 Å². The first kappa shape index (κ1) is 8.75. The fourth-order valence-corrected chi connectivity index (χ4v) is 1.22. The normalized spacial score (nSPS) is 15.9. The van der Waals surface area contributed by atoms with Crippen molar-refractivity contribution < 1.29 is 5.11 Å². The van der Waals surface area contributed by atoms with E-state index in [0.29, 0.717) is 0 Å². The van der Waals surface area contributed by atoms with Crippen molar-refractivity contribution in [1.82, 2.24) is 0 Å². The standard InChI is InChI=1S/C9H11BrO/c1-7(10)9(11)8-5-3-2-4-6-8/h2-7,9,11H,1H3. The second-order valence-electron chi connectivity index (χ2n) is 2.53. The van der Waals surface area contributed by atoms with Gasteiger partial charge < -0.3 is 5.11 Å². The summed E-state index contributed by atoms with van der Waals surface area (Å²) in [4.78, 5) is 0.102. The van der Waals surface area contributed by atoms with Gasteiger partial charge in [-0.25, -0.2) is 0 Å². The van der Waals surface area contributed by atoms with Gasteiger partial charge in [-0.15, -0.1) is 0 Å². The van der Waals surface area contributed by atoms with Crippen molar-refractivity contribution in [2.75, 3.05) is 0 Å². The lowest BCUT2D eigenvalue weighted by Crippen LogP contribution is -2.06. The summed E-state index contributed by atoms with van der Waals surface area (Å²) in [6.45, 7) is 1.93. The molecule has 0 fully saturated rings. The van der Waals surface area contributed by atoms with E-state index in [1.807, 2.05) is 37.3 Å². The van der Waals surface area contributed by atoms with E-state index in [9.17, 15) is 5.11 Å². The molecule has 2 unspecified atom stereocenters. The summed E-state index contributed by atoms with van der Waals surface area (Å²) in [5.41, 5.74) is 0.955. The van der Waals surface area contributed by atoms with E-state index >= 15 is 0 Å². The van der Waals surface area contributed by atoms with E-state index in [1.165, 1.54) is 0 Å². The molecule has 0 heterocycles. The van der Waals surface area contributed by atoms with Gasteiger partial charge in [-0.05, 0) is 12.5 Å². The van der Waals surface area contributed by atoms with Crippen LogP contribution in [0.15, 0.2) is 30.3 Å². The van der Waals surface area contributed by atoms with Crippen molar-refractivity contribution in [2.45, 2.75) is 17.9 Å². The molecule has 11 heavy (non-hydrogen) atoms. The zero-order valence-electron chi connectivity index (χ0n) is 6.37. The summed E-state index contributed by atoms with van der Waals surface area (Å²) < 4.78 is 0. The minimum absolute atomic E-state index is 0.102. The quantitative estimate of drug-likeness (QED) is 0.751. The summed E-state index contributed by atoms with van der Waals surface area (Å²) in [5, 5.41) is 9.55. The highest BCUT2D eigenvalue weighted by Gasteiger charge is 2.11. The molecule has 2 atom stereocenters. The first-order valence-electron chi connectivity index (χ1n) is 3.59. The molecule has 1 rings (SSSR count). The van der Waals surface area contributed by atoms with Crippen LogP contribution in [0.1, 0.15) is 18.6 Å². The molecule has 0 saturated carbocycles. The molecule has 0 aliphatic carbocycles. The molecule has 0 aliphatic heterocycles. The Bertz CT molecular complexity index is 208. The van der Waals surface area contributed by atoms with Crippen LogP contribution in [0.25, 0.3) is 0 Å². The molecular formula is C9H11BrO. The maximum atomic E-state index is 9.55. The highest BCUT2D eigenvalue weighted by atomic mass is 79.9. The predicted molar refractivity (Wildman–Crippen MR) is 49.8 cm³/mol. The van der Waals surface area contributed by atoms with Gasteiger partial charge in [0, 0.05) is 4.83 Å². The van der Waals surface area contributed by atoms with Crippen LogP contribution >= 0.6 is 15.9 Å². The predicted octanol–water partition coefficient (Wildman–Crippen LogP) is 2.50. The van der Waals surface area contributed by atoms with Gasteiger partial charge in [0.2, 0.25) is 0 Å². The Morgan fingerprint density at radius 1 is 1.27 bits per heavy atom. The fourth-order valence-electron chi connectivity index (χ4n) is 0.915. The number of hydrogen-bond acceptors (Lipinski definition) is 1. The third-order valence-corrected chi connectivity index (χ3v) is 2.08. The molecule has 0 bridgehead atoms. The number of halogens is 1. The summed E-state index contributed by atoms with van der Waals surface area (Å²) in [5.74, 6) is 0. The maximum absolute atomic E-state index is 9.55. The van der Waals surface area contributed by atoms with E-state index in [1.54, 1.807) is 0 Å². The Hall–Kier alpha value is -0.340. The third-order valence-electron chi connectivity index (χ3n) is 1.58. The van der Waals surface area contributed by atoms with Gasteiger partial charge >= 0.3 is 0 Å². The third kappa shape index (κ3) is 2.31. The summed E-state index contributed by atoms with van der Waals surface area (Å²) in [7, 11) is 0. The number of aliphatic hydroxyl groups excluding tert-OH is 1. The Kier molecular flexibility index (Phi) is 3.09. The number of benzene rings is 1. The fraction of sp³-hybridized carbons (Fsp3) is 0.333. The molecule has 0 spiro atoms. The smallest absolute Gasteiger partial charge is 0.0912 e. The van der Waals surface area contributed by atoms with Crippen LogP contribution in [0, 0.1) is 0 Å². The highest BCUT2D eigenvalue weighted by Crippen LogP contribution is 2.20.